The van der Waals surface area contributed by atoms with Gasteiger partial charge in [0.15, 0.2) is 0 Å². The van der Waals surface area contributed by atoms with Gasteiger partial charge in [0.05, 0.1) is 6.54 Å². The van der Waals surface area contributed by atoms with Gasteiger partial charge in [-0.2, -0.15) is 0 Å². The Morgan fingerprint density at radius 1 is 1.04 bits per heavy atom. The molecular weight excluding hydrogens is 314 g/mol. The lowest BCUT2D eigenvalue weighted by atomic mass is 10.1. The molecule has 0 fully saturated rings. The van der Waals surface area contributed by atoms with Gasteiger partial charge < -0.3 is 10.2 Å². The molecule has 0 radical (unpaired) electrons. The molecule has 1 aromatic rings. The molecule has 0 spiro atoms. The zero-order valence-corrected chi connectivity index (χ0v) is 16.5. The first-order valence-corrected chi connectivity index (χ1v) is 9.14. The van der Waals surface area contributed by atoms with Gasteiger partial charge in [0.2, 0.25) is 5.91 Å². The van der Waals surface area contributed by atoms with Crippen molar-refractivity contribution < 1.29 is 9.59 Å². The molecule has 140 valence electrons. The summed E-state index contributed by atoms with van der Waals surface area (Å²) in [6.45, 7) is 9.53. The van der Waals surface area contributed by atoms with Gasteiger partial charge >= 0.3 is 0 Å². The fourth-order valence-corrected chi connectivity index (χ4v) is 2.91. The highest BCUT2D eigenvalue weighted by molar-refractivity contribution is 5.93. The number of nitrogens with zero attached hydrogens (tertiary/aromatic N) is 2. The smallest absolute Gasteiger partial charge is 0.251 e. The van der Waals surface area contributed by atoms with E-state index in [1.807, 2.05) is 41.1 Å². The number of rotatable bonds is 9. The molecule has 0 aromatic heterocycles. The van der Waals surface area contributed by atoms with Crippen LogP contribution in [0.3, 0.4) is 0 Å². The summed E-state index contributed by atoms with van der Waals surface area (Å²) in [5, 5.41) is 2.61. The zero-order valence-electron chi connectivity index (χ0n) is 16.5. The van der Waals surface area contributed by atoms with Crippen LogP contribution in [0.4, 0.5) is 0 Å². The van der Waals surface area contributed by atoms with Crippen LogP contribution >= 0.6 is 0 Å². The summed E-state index contributed by atoms with van der Waals surface area (Å²) in [5.41, 5.74) is 1.73. The molecular formula is C20H33N3O2. The molecule has 2 atom stereocenters. The van der Waals surface area contributed by atoms with Gasteiger partial charge in [-0.05, 0) is 51.4 Å². The van der Waals surface area contributed by atoms with Crippen LogP contribution < -0.4 is 5.32 Å². The van der Waals surface area contributed by atoms with Crippen molar-refractivity contribution in [2.45, 2.75) is 59.2 Å². The molecule has 0 heterocycles. The predicted octanol–water partition coefficient (Wildman–Crippen LogP) is 2.90. The lowest BCUT2D eigenvalue weighted by Gasteiger charge is -2.35. The average Bonchev–Trinajstić information content (AvgIpc) is 2.61. The Bertz CT molecular complexity index is 547. The predicted molar refractivity (Wildman–Crippen MR) is 103 cm³/mol. The van der Waals surface area contributed by atoms with Crippen molar-refractivity contribution in [1.82, 2.24) is 15.1 Å². The fourth-order valence-electron chi connectivity index (χ4n) is 2.91. The van der Waals surface area contributed by atoms with E-state index in [9.17, 15) is 9.59 Å². The summed E-state index contributed by atoms with van der Waals surface area (Å²) < 4.78 is 0. The molecule has 0 saturated heterocycles. The van der Waals surface area contributed by atoms with Gasteiger partial charge in [0.25, 0.3) is 5.91 Å². The van der Waals surface area contributed by atoms with E-state index in [2.05, 4.69) is 33.0 Å². The first-order valence-electron chi connectivity index (χ1n) is 9.14. The second-order valence-corrected chi connectivity index (χ2v) is 6.76. The minimum Gasteiger partial charge on any atom is -0.355 e. The molecule has 0 aliphatic heterocycles. The minimum absolute atomic E-state index is 0.0900. The van der Waals surface area contributed by atoms with E-state index in [1.54, 1.807) is 7.05 Å². The van der Waals surface area contributed by atoms with Crippen molar-refractivity contribution in [2.75, 3.05) is 20.6 Å². The maximum absolute atomic E-state index is 12.8. The molecule has 5 heteroatoms. The van der Waals surface area contributed by atoms with Crippen molar-refractivity contribution in [2.24, 2.45) is 0 Å². The largest absolute Gasteiger partial charge is 0.355 e. The Hall–Kier alpha value is -1.88. The summed E-state index contributed by atoms with van der Waals surface area (Å²) in [5.74, 6) is 0.0843. The Morgan fingerprint density at radius 2 is 1.56 bits per heavy atom. The van der Waals surface area contributed by atoms with Gasteiger partial charge in [-0.1, -0.05) is 26.0 Å². The molecule has 1 aromatic carbocycles. The molecule has 0 saturated carbocycles. The average molecular weight is 348 g/mol. The molecule has 2 amide bonds. The molecule has 1 N–H and O–H groups in total. The van der Waals surface area contributed by atoms with Crippen LogP contribution in [0.2, 0.25) is 0 Å². The second kappa shape index (κ2) is 10.2. The molecule has 25 heavy (non-hydrogen) atoms. The molecule has 0 bridgehead atoms. The Kier molecular flexibility index (Phi) is 8.62. The number of nitrogens with one attached hydrogen (secondary N) is 1. The first-order chi connectivity index (χ1) is 11.8. The van der Waals surface area contributed by atoms with E-state index in [1.165, 1.54) is 0 Å². The topological polar surface area (TPSA) is 52.7 Å². The van der Waals surface area contributed by atoms with E-state index in [0.29, 0.717) is 18.7 Å². The van der Waals surface area contributed by atoms with Crippen LogP contribution in [0.5, 0.6) is 0 Å². The number of hydrogen-bond donors (Lipinski definition) is 1. The number of amides is 2. The van der Waals surface area contributed by atoms with Crippen molar-refractivity contribution in [3.8, 4) is 0 Å². The number of hydrogen-bond acceptors (Lipinski definition) is 3. The van der Waals surface area contributed by atoms with Crippen LogP contribution in [-0.4, -0.2) is 54.3 Å². The molecule has 5 nitrogen and oxygen atoms in total. The summed E-state index contributed by atoms with van der Waals surface area (Å²) in [6.07, 6.45) is 1.92. The fraction of sp³-hybridized carbons (Fsp3) is 0.600. The van der Waals surface area contributed by atoms with Crippen LogP contribution in [0.25, 0.3) is 0 Å². The van der Waals surface area contributed by atoms with Crippen molar-refractivity contribution >= 4 is 11.8 Å². The number of carbonyl (C=O) groups is 2. The van der Waals surface area contributed by atoms with Gasteiger partial charge in [0.1, 0.15) is 0 Å². The first kappa shape index (κ1) is 21.2. The summed E-state index contributed by atoms with van der Waals surface area (Å²) in [7, 11) is 3.58. The SMILES string of the molecule is CC[C@H](C)N(C(=O)CN(C)Cc1ccc(C(=O)NC)cc1)[C@@H](C)CC. The van der Waals surface area contributed by atoms with Crippen LogP contribution in [0, 0.1) is 0 Å². The van der Waals surface area contributed by atoms with E-state index < -0.39 is 0 Å². The monoisotopic (exact) mass is 347 g/mol. The van der Waals surface area contributed by atoms with E-state index in [-0.39, 0.29) is 23.9 Å². The summed E-state index contributed by atoms with van der Waals surface area (Å²) >= 11 is 0. The number of benzene rings is 1. The maximum Gasteiger partial charge on any atom is 0.251 e. The molecule has 0 unspecified atom stereocenters. The standard InChI is InChI=1S/C20H33N3O2/c1-7-15(3)23(16(4)8-2)19(24)14-22(6)13-17-9-11-18(12-10-17)20(25)21-5/h9-12,15-16H,7-8,13-14H2,1-6H3,(H,21,25)/t15-,16-/m0/s1. The van der Waals surface area contributed by atoms with Crippen LogP contribution in [0.1, 0.15) is 56.5 Å². The van der Waals surface area contributed by atoms with Crippen LogP contribution in [-0.2, 0) is 11.3 Å². The number of likely N-dealkylation sites (N-methyl/N-ethyl adjacent to an activating group) is 1. The molecule has 0 aliphatic rings. The highest BCUT2D eigenvalue weighted by Crippen LogP contribution is 2.13. The van der Waals surface area contributed by atoms with Crippen molar-refractivity contribution in [3.05, 3.63) is 35.4 Å². The molecule has 1 rings (SSSR count). The van der Waals surface area contributed by atoms with Crippen molar-refractivity contribution in [1.29, 1.82) is 0 Å². The zero-order chi connectivity index (χ0) is 19.0. The Labute approximate surface area is 152 Å². The third-order valence-corrected chi connectivity index (χ3v) is 4.72. The summed E-state index contributed by atoms with van der Waals surface area (Å²) in [4.78, 5) is 28.4. The van der Waals surface area contributed by atoms with E-state index >= 15 is 0 Å². The highest BCUT2D eigenvalue weighted by atomic mass is 16.2. The summed E-state index contributed by atoms with van der Waals surface area (Å²) in [6, 6.07) is 8.01. The van der Waals surface area contributed by atoms with Gasteiger partial charge in [-0.25, -0.2) is 0 Å². The Morgan fingerprint density at radius 3 is 2.00 bits per heavy atom. The van der Waals surface area contributed by atoms with Crippen LogP contribution in [0.15, 0.2) is 24.3 Å². The maximum atomic E-state index is 12.8. The van der Waals surface area contributed by atoms with Crippen molar-refractivity contribution in [3.63, 3.8) is 0 Å². The van der Waals surface area contributed by atoms with E-state index in [4.69, 9.17) is 0 Å². The lowest BCUT2D eigenvalue weighted by Crippen LogP contribution is -2.48. The van der Waals surface area contributed by atoms with Gasteiger partial charge in [-0.15, -0.1) is 0 Å². The minimum atomic E-state index is -0.0900. The Balaban J connectivity index is 2.69. The quantitative estimate of drug-likeness (QED) is 0.747. The third kappa shape index (κ3) is 6.16. The number of carbonyl (C=O) groups excluding carboxylic acids is 2. The third-order valence-electron chi connectivity index (χ3n) is 4.72. The highest BCUT2D eigenvalue weighted by Gasteiger charge is 2.24. The van der Waals surface area contributed by atoms with E-state index in [0.717, 1.165) is 18.4 Å². The molecule has 0 aliphatic carbocycles. The van der Waals surface area contributed by atoms with Gasteiger partial charge in [-0.3, -0.25) is 14.5 Å². The normalized spacial score (nSPS) is 13.4. The second-order valence-electron chi connectivity index (χ2n) is 6.76. The van der Waals surface area contributed by atoms with Gasteiger partial charge in [0, 0.05) is 31.2 Å². The lowest BCUT2D eigenvalue weighted by molar-refractivity contribution is -0.136.